The van der Waals surface area contributed by atoms with Crippen molar-refractivity contribution < 1.29 is 5.11 Å². The minimum absolute atomic E-state index is 0.0708. The van der Waals surface area contributed by atoms with Crippen LogP contribution in [0.1, 0.15) is 57.6 Å². The minimum Gasteiger partial charge on any atom is -0.507 e. The van der Waals surface area contributed by atoms with Crippen molar-refractivity contribution >= 4 is 11.8 Å². The monoisotopic (exact) mass is 257 g/mol. The molecule has 0 aromatic heterocycles. The Morgan fingerprint density at radius 3 is 2.47 bits per heavy atom. The maximum atomic E-state index is 10.4. The Balaban J connectivity index is 2.41. The van der Waals surface area contributed by atoms with Gasteiger partial charge in [-0.2, -0.15) is 0 Å². The second-order valence-corrected chi connectivity index (χ2v) is 6.35. The van der Waals surface area contributed by atoms with E-state index in [1.807, 2.05) is 24.3 Å². The Bertz CT molecular complexity index is 521. The number of rotatable bonds is 1. The van der Waals surface area contributed by atoms with Gasteiger partial charge in [0.25, 0.3) is 0 Å². The third-order valence-corrected chi connectivity index (χ3v) is 3.72. The van der Waals surface area contributed by atoms with Gasteiger partial charge in [0.15, 0.2) is 0 Å². The van der Waals surface area contributed by atoms with E-state index in [1.165, 1.54) is 0 Å². The summed E-state index contributed by atoms with van der Waals surface area (Å²) in [6.45, 7) is 6.30. The molecule has 0 radical (unpaired) electrons. The van der Waals surface area contributed by atoms with Crippen LogP contribution in [0.3, 0.4) is 0 Å². The molecule has 0 bridgehead atoms. The van der Waals surface area contributed by atoms with Crippen molar-refractivity contribution in [3.63, 3.8) is 0 Å². The Morgan fingerprint density at radius 2 is 1.84 bits per heavy atom. The second-order valence-electron chi connectivity index (χ2n) is 6.35. The van der Waals surface area contributed by atoms with Gasteiger partial charge in [0.1, 0.15) is 5.75 Å². The number of para-hydroxylation sites is 1. The lowest BCUT2D eigenvalue weighted by atomic mass is 9.84. The molecule has 1 aromatic rings. The van der Waals surface area contributed by atoms with Crippen LogP contribution in [0.4, 0.5) is 0 Å². The molecule has 2 nitrogen and oxygen atoms in total. The van der Waals surface area contributed by atoms with E-state index >= 15 is 0 Å². The maximum absolute atomic E-state index is 10.4. The molecule has 2 heteroatoms. The van der Waals surface area contributed by atoms with Crippen molar-refractivity contribution in [1.82, 2.24) is 0 Å². The molecule has 2 N–H and O–H groups in total. The highest BCUT2D eigenvalue weighted by atomic mass is 16.3. The van der Waals surface area contributed by atoms with E-state index in [2.05, 4.69) is 20.8 Å². The molecule has 0 saturated heterocycles. The fourth-order valence-corrected chi connectivity index (χ4v) is 2.56. The van der Waals surface area contributed by atoms with Gasteiger partial charge in [-0.15, -0.1) is 0 Å². The van der Waals surface area contributed by atoms with Gasteiger partial charge < -0.3 is 10.5 Å². The molecular formula is C17H23NO. The van der Waals surface area contributed by atoms with E-state index in [4.69, 9.17) is 5.41 Å². The van der Waals surface area contributed by atoms with E-state index in [0.29, 0.717) is 5.75 Å². The molecule has 102 valence electrons. The summed E-state index contributed by atoms with van der Waals surface area (Å²) in [7, 11) is 0. The van der Waals surface area contributed by atoms with Crippen molar-refractivity contribution in [3.8, 4) is 5.75 Å². The highest BCUT2D eigenvalue weighted by molar-refractivity contribution is 6.02. The zero-order valence-electron chi connectivity index (χ0n) is 12.1. The Morgan fingerprint density at radius 1 is 1.16 bits per heavy atom. The zero-order valence-corrected chi connectivity index (χ0v) is 12.1. The second kappa shape index (κ2) is 5.20. The summed E-state index contributed by atoms with van der Waals surface area (Å²) in [4.78, 5) is 0. The van der Waals surface area contributed by atoms with Crippen LogP contribution in [0, 0.1) is 5.41 Å². The first-order chi connectivity index (χ1) is 8.89. The molecule has 0 aliphatic heterocycles. The number of nitrogens with one attached hydrogen (secondary N) is 1. The van der Waals surface area contributed by atoms with Crippen LogP contribution in [0.25, 0.3) is 6.08 Å². The van der Waals surface area contributed by atoms with Crippen LogP contribution in [0.5, 0.6) is 5.75 Å². The average Bonchev–Trinajstić information content (AvgIpc) is 2.33. The van der Waals surface area contributed by atoms with E-state index in [9.17, 15) is 5.11 Å². The zero-order chi connectivity index (χ0) is 14.0. The fraction of sp³-hybridized carbons (Fsp3) is 0.471. The van der Waals surface area contributed by atoms with Crippen LogP contribution < -0.4 is 0 Å². The van der Waals surface area contributed by atoms with Crippen LogP contribution in [-0.2, 0) is 5.41 Å². The normalized spacial score (nSPS) is 18.9. The van der Waals surface area contributed by atoms with Gasteiger partial charge in [0, 0.05) is 11.3 Å². The van der Waals surface area contributed by atoms with E-state index in [0.717, 1.165) is 48.1 Å². The van der Waals surface area contributed by atoms with Crippen molar-refractivity contribution in [1.29, 1.82) is 5.41 Å². The number of benzene rings is 1. The first-order valence-electron chi connectivity index (χ1n) is 7.00. The van der Waals surface area contributed by atoms with Gasteiger partial charge in [-0.25, -0.2) is 0 Å². The van der Waals surface area contributed by atoms with Gasteiger partial charge in [-0.3, -0.25) is 0 Å². The topological polar surface area (TPSA) is 44.1 Å². The van der Waals surface area contributed by atoms with Crippen molar-refractivity contribution in [2.75, 3.05) is 0 Å². The number of phenols is 1. The summed E-state index contributed by atoms with van der Waals surface area (Å²) in [5.41, 5.74) is 3.54. The third-order valence-electron chi connectivity index (χ3n) is 3.72. The molecule has 19 heavy (non-hydrogen) atoms. The Labute approximate surface area is 115 Å². The Hall–Kier alpha value is -1.57. The highest BCUT2D eigenvalue weighted by Gasteiger charge is 2.20. The standard InChI is InChI=1S/C17H23NO/c1-17(2,3)14-9-6-8-13(16(14)19)11-12-7-4-5-10-15(12)18/h6,8-9,11,18-19H,4-5,7,10H2,1-3H3. The molecule has 0 atom stereocenters. The molecule has 1 aliphatic carbocycles. The lowest BCUT2D eigenvalue weighted by molar-refractivity contribution is 0.445. The van der Waals surface area contributed by atoms with Crippen molar-refractivity contribution in [3.05, 3.63) is 34.9 Å². The Kier molecular flexibility index (Phi) is 3.79. The predicted octanol–water partition coefficient (Wildman–Crippen LogP) is 4.67. The molecule has 0 unspecified atom stereocenters. The van der Waals surface area contributed by atoms with E-state index in [-0.39, 0.29) is 5.41 Å². The molecular weight excluding hydrogens is 234 g/mol. The fourth-order valence-electron chi connectivity index (χ4n) is 2.56. The number of hydrogen-bond donors (Lipinski definition) is 2. The smallest absolute Gasteiger partial charge is 0.126 e. The summed E-state index contributed by atoms with van der Waals surface area (Å²) < 4.78 is 0. The molecule has 1 aromatic carbocycles. The SMILES string of the molecule is CC(C)(C)c1cccc(C=C2CCCCC2=N)c1O. The number of allylic oxidation sites excluding steroid dienone is 1. The van der Waals surface area contributed by atoms with Gasteiger partial charge >= 0.3 is 0 Å². The minimum atomic E-state index is -0.0708. The molecule has 1 fully saturated rings. The summed E-state index contributed by atoms with van der Waals surface area (Å²) in [5.74, 6) is 0.362. The first kappa shape index (κ1) is 13.9. The van der Waals surface area contributed by atoms with Crippen LogP contribution in [0.15, 0.2) is 23.8 Å². The largest absolute Gasteiger partial charge is 0.507 e. The van der Waals surface area contributed by atoms with E-state index < -0.39 is 0 Å². The summed E-state index contributed by atoms with van der Waals surface area (Å²) in [5, 5.41) is 18.4. The molecule has 1 saturated carbocycles. The predicted molar refractivity (Wildman–Crippen MR) is 81.0 cm³/mol. The third kappa shape index (κ3) is 3.06. The molecule has 0 spiro atoms. The lowest BCUT2D eigenvalue weighted by Crippen LogP contribution is -2.12. The van der Waals surface area contributed by atoms with Crippen LogP contribution in [0.2, 0.25) is 0 Å². The molecule has 0 heterocycles. The summed E-state index contributed by atoms with van der Waals surface area (Å²) in [6, 6.07) is 5.89. The van der Waals surface area contributed by atoms with Gasteiger partial charge in [0.05, 0.1) is 0 Å². The van der Waals surface area contributed by atoms with Crippen molar-refractivity contribution in [2.45, 2.75) is 51.9 Å². The lowest BCUT2D eigenvalue weighted by Gasteiger charge is -2.22. The highest BCUT2D eigenvalue weighted by Crippen LogP contribution is 2.35. The average molecular weight is 257 g/mol. The molecule has 1 aliphatic rings. The molecule has 0 amide bonds. The first-order valence-corrected chi connectivity index (χ1v) is 7.00. The van der Waals surface area contributed by atoms with Crippen molar-refractivity contribution in [2.24, 2.45) is 0 Å². The van der Waals surface area contributed by atoms with Gasteiger partial charge in [0.2, 0.25) is 0 Å². The van der Waals surface area contributed by atoms with E-state index in [1.54, 1.807) is 0 Å². The van der Waals surface area contributed by atoms with Crippen LogP contribution >= 0.6 is 0 Å². The van der Waals surface area contributed by atoms with Crippen LogP contribution in [-0.4, -0.2) is 10.8 Å². The van der Waals surface area contributed by atoms with Gasteiger partial charge in [-0.05, 0) is 48.3 Å². The number of phenolic OH excluding ortho intramolecular Hbond substituents is 1. The quantitative estimate of drug-likeness (QED) is 0.754. The number of hydrogen-bond acceptors (Lipinski definition) is 2. The summed E-state index contributed by atoms with van der Waals surface area (Å²) in [6.07, 6.45) is 6.08. The maximum Gasteiger partial charge on any atom is 0.126 e. The molecule has 2 rings (SSSR count). The number of aromatic hydroxyl groups is 1. The van der Waals surface area contributed by atoms with Gasteiger partial charge in [-0.1, -0.05) is 39.0 Å². The summed E-state index contributed by atoms with van der Waals surface area (Å²) >= 11 is 0.